The second kappa shape index (κ2) is 4.96. The number of carbonyl (C=O) groups is 2. The molecule has 1 amide bonds. The van der Waals surface area contributed by atoms with Gasteiger partial charge in [-0.25, -0.2) is 4.79 Å². The number of anilines is 1. The number of amides is 1. The highest BCUT2D eigenvalue weighted by Gasteiger charge is 2.09. The van der Waals surface area contributed by atoms with Gasteiger partial charge in [0.2, 0.25) is 5.91 Å². The number of rotatable bonds is 3. The zero-order valence-electron chi connectivity index (χ0n) is 7.87. The van der Waals surface area contributed by atoms with Crippen molar-refractivity contribution in [3.05, 3.63) is 27.3 Å². The molecule has 0 heterocycles. The van der Waals surface area contributed by atoms with Crippen molar-refractivity contribution in [3.63, 3.8) is 0 Å². The molecular formula is C9H9IN2O3. The number of nitrogens with one attached hydrogen (secondary N) is 2. The largest absolute Gasteiger partial charge is 0.478 e. The molecule has 6 heteroatoms. The maximum absolute atomic E-state index is 10.8. The number of carbonyl (C=O) groups excluding carboxylic acids is 1. The Labute approximate surface area is 100.0 Å². The number of halogens is 1. The Morgan fingerprint density at radius 3 is 2.60 bits per heavy atom. The Kier molecular flexibility index (Phi) is 3.89. The minimum atomic E-state index is -1.04. The molecule has 0 bridgehead atoms. The van der Waals surface area contributed by atoms with E-state index in [-0.39, 0.29) is 11.5 Å². The van der Waals surface area contributed by atoms with Crippen LogP contribution in [-0.2, 0) is 4.79 Å². The molecule has 0 saturated heterocycles. The molecule has 0 unspecified atom stereocenters. The molecule has 0 saturated carbocycles. The molecule has 5 nitrogen and oxygen atoms in total. The highest BCUT2D eigenvalue weighted by Crippen LogP contribution is 2.18. The van der Waals surface area contributed by atoms with Crippen LogP contribution < -0.4 is 10.9 Å². The van der Waals surface area contributed by atoms with Crippen LogP contribution >= 0.6 is 22.6 Å². The van der Waals surface area contributed by atoms with E-state index in [0.29, 0.717) is 5.69 Å². The van der Waals surface area contributed by atoms with E-state index in [1.807, 2.05) is 0 Å². The van der Waals surface area contributed by atoms with Gasteiger partial charge in [0, 0.05) is 10.5 Å². The Bertz CT molecular complexity index is 406. The van der Waals surface area contributed by atoms with Crippen LogP contribution in [-0.4, -0.2) is 17.0 Å². The van der Waals surface area contributed by atoms with E-state index in [2.05, 4.69) is 33.4 Å². The normalized spacial score (nSPS) is 9.47. The molecule has 80 valence electrons. The summed E-state index contributed by atoms with van der Waals surface area (Å²) in [7, 11) is 0. The van der Waals surface area contributed by atoms with Crippen molar-refractivity contribution in [2.45, 2.75) is 6.92 Å². The molecule has 1 rings (SSSR count). The second-order valence-electron chi connectivity index (χ2n) is 2.80. The van der Waals surface area contributed by atoms with Crippen LogP contribution in [0.2, 0.25) is 0 Å². The zero-order chi connectivity index (χ0) is 11.4. The van der Waals surface area contributed by atoms with Crippen LogP contribution in [0, 0.1) is 3.57 Å². The third kappa shape index (κ3) is 3.39. The first kappa shape index (κ1) is 11.8. The summed E-state index contributed by atoms with van der Waals surface area (Å²) in [4.78, 5) is 21.5. The van der Waals surface area contributed by atoms with Crippen LogP contribution in [0.25, 0.3) is 0 Å². The van der Waals surface area contributed by atoms with Crippen LogP contribution in [0.4, 0.5) is 5.69 Å². The lowest BCUT2D eigenvalue weighted by Crippen LogP contribution is -2.27. The SMILES string of the molecule is CC(=O)NNc1cc(I)ccc1C(=O)O. The van der Waals surface area contributed by atoms with Crippen molar-refractivity contribution in [2.75, 3.05) is 5.43 Å². The van der Waals surface area contributed by atoms with Gasteiger partial charge in [-0.3, -0.25) is 15.6 Å². The molecule has 0 aromatic heterocycles. The highest BCUT2D eigenvalue weighted by molar-refractivity contribution is 14.1. The van der Waals surface area contributed by atoms with Gasteiger partial charge in [0.1, 0.15) is 0 Å². The minimum Gasteiger partial charge on any atom is -0.478 e. The summed E-state index contributed by atoms with van der Waals surface area (Å²) in [5.41, 5.74) is 5.36. The molecular weight excluding hydrogens is 311 g/mol. The predicted molar refractivity (Wildman–Crippen MR) is 63.6 cm³/mol. The second-order valence-corrected chi connectivity index (χ2v) is 4.05. The molecule has 0 fully saturated rings. The van der Waals surface area contributed by atoms with Gasteiger partial charge in [0.05, 0.1) is 11.3 Å². The minimum absolute atomic E-state index is 0.115. The lowest BCUT2D eigenvalue weighted by atomic mass is 10.2. The molecule has 15 heavy (non-hydrogen) atoms. The third-order valence-corrected chi connectivity index (χ3v) is 2.26. The van der Waals surface area contributed by atoms with Crippen molar-refractivity contribution < 1.29 is 14.7 Å². The zero-order valence-corrected chi connectivity index (χ0v) is 10.0. The summed E-state index contributed by atoms with van der Waals surface area (Å²) in [5, 5.41) is 8.87. The van der Waals surface area contributed by atoms with E-state index in [9.17, 15) is 9.59 Å². The number of carboxylic acid groups (broad SMARTS) is 1. The first-order chi connectivity index (χ1) is 7.00. The van der Waals surface area contributed by atoms with Gasteiger partial charge in [-0.15, -0.1) is 0 Å². The summed E-state index contributed by atoms with van der Waals surface area (Å²) in [5.74, 6) is -1.33. The molecule has 0 aliphatic heterocycles. The molecule has 0 aliphatic carbocycles. The van der Waals surface area contributed by atoms with Gasteiger partial charge in [-0.05, 0) is 40.8 Å². The summed E-state index contributed by atoms with van der Waals surface area (Å²) in [6, 6.07) is 4.80. The van der Waals surface area contributed by atoms with Crippen molar-refractivity contribution in [1.29, 1.82) is 0 Å². The molecule has 3 N–H and O–H groups in total. The maximum Gasteiger partial charge on any atom is 0.337 e. The summed E-state index contributed by atoms with van der Waals surface area (Å²) < 4.78 is 0.880. The molecule has 0 radical (unpaired) electrons. The first-order valence-corrected chi connectivity index (χ1v) is 5.14. The maximum atomic E-state index is 10.8. The van der Waals surface area contributed by atoms with Gasteiger partial charge in [-0.1, -0.05) is 0 Å². The van der Waals surface area contributed by atoms with Gasteiger partial charge < -0.3 is 5.11 Å². The number of aromatic carboxylic acids is 1. The van der Waals surface area contributed by atoms with E-state index in [1.54, 1.807) is 12.1 Å². The Morgan fingerprint density at radius 2 is 2.07 bits per heavy atom. The fourth-order valence-electron chi connectivity index (χ4n) is 0.962. The van der Waals surface area contributed by atoms with Gasteiger partial charge >= 0.3 is 5.97 Å². The lowest BCUT2D eigenvalue weighted by molar-refractivity contribution is -0.118. The lowest BCUT2D eigenvalue weighted by Gasteiger charge is -2.09. The van der Waals surface area contributed by atoms with Crippen molar-refractivity contribution in [1.82, 2.24) is 5.43 Å². The smallest absolute Gasteiger partial charge is 0.337 e. The number of hydrogen-bond donors (Lipinski definition) is 3. The average molecular weight is 320 g/mol. The molecule has 1 aromatic carbocycles. The predicted octanol–water partition coefficient (Wildman–Crippen LogP) is 1.45. The van der Waals surface area contributed by atoms with E-state index in [1.165, 1.54) is 13.0 Å². The van der Waals surface area contributed by atoms with E-state index in [0.717, 1.165) is 3.57 Å². The van der Waals surface area contributed by atoms with E-state index < -0.39 is 5.97 Å². The molecule has 1 aromatic rings. The standard InChI is InChI=1S/C9H9IN2O3/c1-5(13)11-12-8-4-6(10)2-3-7(8)9(14)15/h2-4,12H,1H3,(H,11,13)(H,14,15). The quantitative estimate of drug-likeness (QED) is 0.582. The number of carboxylic acids is 1. The Morgan fingerprint density at radius 1 is 1.40 bits per heavy atom. The van der Waals surface area contributed by atoms with Gasteiger partial charge in [0.15, 0.2) is 0 Å². The average Bonchev–Trinajstić information content (AvgIpc) is 2.14. The van der Waals surface area contributed by atoms with Crippen LogP contribution in [0.3, 0.4) is 0 Å². The molecule has 0 spiro atoms. The first-order valence-electron chi connectivity index (χ1n) is 4.06. The van der Waals surface area contributed by atoms with E-state index in [4.69, 9.17) is 5.11 Å². The van der Waals surface area contributed by atoms with E-state index >= 15 is 0 Å². The Hall–Kier alpha value is -1.31. The summed E-state index contributed by atoms with van der Waals surface area (Å²) in [6.45, 7) is 1.33. The highest BCUT2D eigenvalue weighted by atomic mass is 127. The van der Waals surface area contributed by atoms with Crippen LogP contribution in [0.15, 0.2) is 18.2 Å². The fourth-order valence-corrected chi connectivity index (χ4v) is 1.45. The molecule has 0 atom stereocenters. The number of hydrogen-bond acceptors (Lipinski definition) is 3. The summed E-state index contributed by atoms with van der Waals surface area (Å²) >= 11 is 2.06. The summed E-state index contributed by atoms with van der Waals surface area (Å²) in [6.07, 6.45) is 0. The monoisotopic (exact) mass is 320 g/mol. The van der Waals surface area contributed by atoms with Crippen molar-refractivity contribution >= 4 is 40.2 Å². The number of hydrazine groups is 1. The van der Waals surface area contributed by atoms with Crippen LogP contribution in [0.1, 0.15) is 17.3 Å². The number of benzene rings is 1. The Balaban J connectivity index is 2.96. The molecule has 0 aliphatic rings. The van der Waals surface area contributed by atoms with Gasteiger partial charge in [0.25, 0.3) is 0 Å². The van der Waals surface area contributed by atoms with Crippen molar-refractivity contribution in [2.24, 2.45) is 0 Å². The topological polar surface area (TPSA) is 78.4 Å². The fraction of sp³-hybridized carbons (Fsp3) is 0.111. The van der Waals surface area contributed by atoms with Crippen LogP contribution in [0.5, 0.6) is 0 Å². The van der Waals surface area contributed by atoms with Crippen molar-refractivity contribution in [3.8, 4) is 0 Å². The third-order valence-electron chi connectivity index (χ3n) is 1.59. The van der Waals surface area contributed by atoms with Gasteiger partial charge in [-0.2, -0.15) is 0 Å².